The van der Waals surface area contributed by atoms with Gasteiger partial charge in [-0.2, -0.15) is 0 Å². The third-order valence-electron chi connectivity index (χ3n) is 6.51. The molecule has 0 aliphatic rings. The zero-order valence-electron chi connectivity index (χ0n) is 21.4. The van der Waals surface area contributed by atoms with Gasteiger partial charge in [-0.1, -0.05) is 25.9 Å². The van der Waals surface area contributed by atoms with Crippen LogP contribution in [0, 0.1) is 20.8 Å². The fourth-order valence-corrected chi connectivity index (χ4v) is 4.70. The zero-order valence-corrected chi connectivity index (χ0v) is 21.4. The standard InChI is InChI=1S/C28H28N4O4/c1-13-23(14(2)36-32-13)20-11-21-19(12-22(20)35-7)24-25(29-15(3)30-26(24)31-21)16-8-17(27(33)34)10-18(9-16)28(4,5)6/h8-12H,1-7H3,(H,33,34)(H,29,30,31). The fourth-order valence-electron chi connectivity index (χ4n) is 4.70. The van der Waals surface area contributed by atoms with Crippen LogP contribution in [0.5, 0.6) is 5.75 Å². The number of nitrogens with one attached hydrogen (secondary N) is 1. The first-order valence-electron chi connectivity index (χ1n) is 11.7. The van der Waals surface area contributed by atoms with Gasteiger partial charge in [-0.25, -0.2) is 14.8 Å². The topological polar surface area (TPSA) is 114 Å². The van der Waals surface area contributed by atoms with Crippen LogP contribution in [0.3, 0.4) is 0 Å². The average molecular weight is 485 g/mol. The van der Waals surface area contributed by atoms with Crippen LogP contribution in [-0.2, 0) is 5.41 Å². The summed E-state index contributed by atoms with van der Waals surface area (Å²) >= 11 is 0. The molecule has 0 amide bonds. The van der Waals surface area contributed by atoms with Gasteiger partial charge in [0.2, 0.25) is 0 Å². The second kappa shape index (κ2) is 8.19. The first kappa shape index (κ1) is 23.5. The van der Waals surface area contributed by atoms with Crippen molar-refractivity contribution < 1.29 is 19.2 Å². The number of nitrogens with zero attached hydrogens (tertiary/aromatic N) is 3. The van der Waals surface area contributed by atoms with Crippen LogP contribution < -0.4 is 4.74 Å². The molecule has 0 fully saturated rings. The van der Waals surface area contributed by atoms with Crippen LogP contribution >= 0.6 is 0 Å². The van der Waals surface area contributed by atoms with Gasteiger partial charge in [-0.3, -0.25) is 0 Å². The van der Waals surface area contributed by atoms with Crippen molar-refractivity contribution in [3.8, 4) is 28.1 Å². The largest absolute Gasteiger partial charge is 0.496 e. The van der Waals surface area contributed by atoms with Crippen molar-refractivity contribution in [3.05, 3.63) is 58.7 Å². The number of hydrogen-bond donors (Lipinski definition) is 2. The number of aromatic amines is 1. The molecule has 0 atom stereocenters. The number of ether oxygens (including phenoxy) is 1. The number of H-pyrrole nitrogens is 1. The predicted octanol–water partition coefficient (Wildman–Crippen LogP) is 6.36. The smallest absolute Gasteiger partial charge is 0.335 e. The molecule has 8 nitrogen and oxygen atoms in total. The second-order valence-electron chi connectivity index (χ2n) is 10.1. The van der Waals surface area contributed by atoms with E-state index in [2.05, 4.69) is 35.9 Å². The normalized spacial score (nSPS) is 12.0. The highest BCUT2D eigenvalue weighted by molar-refractivity contribution is 6.13. The van der Waals surface area contributed by atoms with Crippen LogP contribution in [0.25, 0.3) is 44.3 Å². The summed E-state index contributed by atoms with van der Waals surface area (Å²) in [6.45, 7) is 11.8. The Morgan fingerprint density at radius 3 is 2.42 bits per heavy atom. The number of hydrogen-bond acceptors (Lipinski definition) is 6. The van der Waals surface area contributed by atoms with E-state index in [1.165, 1.54) is 0 Å². The Bertz CT molecular complexity index is 1650. The monoisotopic (exact) mass is 484 g/mol. The van der Waals surface area contributed by atoms with Gasteiger partial charge >= 0.3 is 5.97 Å². The maximum absolute atomic E-state index is 12.0. The van der Waals surface area contributed by atoms with Crippen LogP contribution in [0.2, 0.25) is 0 Å². The minimum Gasteiger partial charge on any atom is -0.496 e. The van der Waals surface area contributed by atoms with Gasteiger partial charge < -0.3 is 19.4 Å². The molecule has 5 aromatic rings. The molecule has 3 heterocycles. The Morgan fingerprint density at radius 1 is 1.06 bits per heavy atom. The highest BCUT2D eigenvalue weighted by Gasteiger charge is 2.23. The van der Waals surface area contributed by atoms with Gasteiger partial charge in [-0.05, 0) is 62.1 Å². The Kier molecular flexibility index (Phi) is 5.35. The number of methoxy groups -OCH3 is 1. The van der Waals surface area contributed by atoms with E-state index in [0.29, 0.717) is 28.7 Å². The Labute approximate surface area is 208 Å². The molecule has 2 N–H and O–H groups in total. The third kappa shape index (κ3) is 3.79. The molecule has 0 bridgehead atoms. The van der Waals surface area contributed by atoms with Crippen LogP contribution in [0.4, 0.5) is 0 Å². The number of aryl methyl sites for hydroxylation is 3. The highest BCUT2D eigenvalue weighted by atomic mass is 16.5. The number of carboxylic acid groups (broad SMARTS) is 1. The molecule has 0 aliphatic heterocycles. The van der Waals surface area contributed by atoms with E-state index < -0.39 is 5.97 Å². The predicted molar refractivity (Wildman–Crippen MR) is 139 cm³/mol. The summed E-state index contributed by atoms with van der Waals surface area (Å²) in [7, 11) is 1.63. The van der Waals surface area contributed by atoms with E-state index in [-0.39, 0.29) is 11.0 Å². The van der Waals surface area contributed by atoms with Crippen molar-refractivity contribution in [1.82, 2.24) is 20.1 Å². The number of rotatable bonds is 4. The molecule has 184 valence electrons. The van der Waals surface area contributed by atoms with E-state index in [1.807, 2.05) is 39.0 Å². The Balaban J connectivity index is 1.85. The van der Waals surface area contributed by atoms with E-state index in [1.54, 1.807) is 19.2 Å². The lowest BCUT2D eigenvalue weighted by Crippen LogP contribution is -2.13. The maximum atomic E-state index is 12.0. The highest BCUT2D eigenvalue weighted by Crippen LogP contribution is 2.41. The van der Waals surface area contributed by atoms with Gasteiger partial charge in [0, 0.05) is 22.0 Å². The summed E-state index contributed by atoms with van der Waals surface area (Å²) in [4.78, 5) is 24.8. The fraction of sp³-hybridized carbons (Fsp3) is 0.286. The summed E-state index contributed by atoms with van der Waals surface area (Å²) < 4.78 is 11.2. The van der Waals surface area contributed by atoms with E-state index in [0.717, 1.165) is 44.2 Å². The molecular formula is C28H28N4O4. The van der Waals surface area contributed by atoms with Gasteiger partial charge in [0.15, 0.2) is 0 Å². The van der Waals surface area contributed by atoms with E-state index in [9.17, 15) is 9.90 Å². The molecule has 0 saturated carbocycles. The van der Waals surface area contributed by atoms with Crippen LogP contribution in [0.15, 0.2) is 34.9 Å². The summed E-state index contributed by atoms with van der Waals surface area (Å²) in [5.41, 5.74) is 6.34. The first-order chi connectivity index (χ1) is 17.0. The molecule has 2 aromatic carbocycles. The summed E-state index contributed by atoms with van der Waals surface area (Å²) in [5, 5.41) is 15.6. The number of aromatic carboxylic acids is 1. The van der Waals surface area contributed by atoms with Gasteiger partial charge in [0.05, 0.1) is 35.0 Å². The number of carbonyl (C=O) groups is 1. The van der Waals surface area contributed by atoms with Crippen molar-refractivity contribution in [2.24, 2.45) is 0 Å². The van der Waals surface area contributed by atoms with Gasteiger partial charge in [-0.15, -0.1) is 0 Å². The molecule has 0 unspecified atom stereocenters. The first-order valence-corrected chi connectivity index (χ1v) is 11.7. The molecular weight excluding hydrogens is 456 g/mol. The number of carboxylic acids is 1. The number of aromatic nitrogens is 4. The Morgan fingerprint density at radius 2 is 1.81 bits per heavy atom. The minimum absolute atomic E-state index is 0.222. The van der Waals surface area contributed by atoms with Crippen molar-refractivity contribution in [2.75, 3.05) is 7.11 Å². The number of benzene rings is 2. The Hall–Kier alpha value is -4.20. The van der Waals surface area contributed by atoms with Gasteiger partial charge in [0.1, 0.15) is 23.0 Å². The van der Waals surface area contributed by atoms with Crippen molar-refractivity contribution >= 4 is 27.9 Å². The maximum Gasteiger partial charge on any atom is 0.335 e. The van der Waals surface area contributed by atoms with E-state index in [4.69, 9.17) is 14.2 Å². The molecule has 0 spiro atoms. The number of fused-ring (bicyclic) bond motifs is 3. The lowest BCUT2D eigenvalue weighted by molar-refractivity contribution is 0.0696. The van der Waals surface area contributed by atoms with Crippen molar-refractivity contribution in [2.45, 2.75) is 47.0 Å². The average Bonchev–Trinajstić information content (AvgIpc) is 3.34. The van der Waals surface area contributed by atoms with Crippen molar-refractivity contribution in [1.29, 1.82) is 0 Å². The quantitative estimate of drug-likeness (QED) is 0.305. The van der Waals surface area contributed by atoms with Crippen LogP contribution in [0.1, 0.15) is 54.0 Å². The summed E-state index contributed by atoms with van der Waals surface area (Å²) in [5.74, 6) is 0.978. The molecule has 3 aromatic heterocycles. The second-order valence-corrected chi connectivity index (χ2v) is 10.1. The molecule has 0 saturated heterocycles. The summed E-state index contributed by atoms with van der Waals surface area (Å²) in [6, 6.07) is 9.39. The molecule has 0 radical (unpaired) electrons. The molecule has 8 heteroatoms. The molecule has 5 rings (SSSR count). The SMILES string of the molecule is COc1cc2c(cc1-c1c(C)noc1C)[nH]c1nc(C)nc(-c3cc(C(=O)O)cc(C(C)(C)C)c3)c12. The molecule has 36 heavy (non-hydrogen) atoms. The lowest BCUT2D eigenvalue weighted by atomic mass is 9.84. The molecule has 0 aliphatic carbocycles. The van der Waals surface area contributed by atoms with Gasteiger partial charge in [0.25, 0.3) is 0 Å². The van der Waals surface area contributed by atoms with Crippen LogP contribution in [-0.4, -0.2) is 38.3 Å². The van der Waals surface area contributed by atoms with E-state index >= 15 is 0 Å². The summed E-state index contributed by atoms with van der Waals surface area (Å²) in [6.07, 6.45) is 0. The van der Waals surface area contributed by atoms with Crippen molar-refractivity contribution in [3.63, 3.8) is 0 Å². The third-order valence-corrected chi connectivity index (χ3v) is 6.51. The lowest BCUT2D eigenvalue weighted by Gasteiger charge is -2.21. The zero-order chi connectivity index (χ0) is 25.9. The minimum atomic E-state index is -0.978.